The molecule has 0 radical (unpaired) electrons. The van der Waals surface area contributed by atoms with Gasteiger partial charge in [-0.3, -0.25) is 4.98 Å². The molecule has 0 amide bonds. The standard InChI is InChI=1S/C17H19BrN2/c1-3-20(4-2)16-9-6-14(7-10-16)5-8-15-11-12-19-13-17(15)18/h5-13H,3-4H2,1-2H3/b8-5+. The van der Waals surface area contributed by atoms with Gasteiger partial charge in [-0.2, -0.15) is 0 Å². The Hall–Kier alpha value is -1.61. The summed E-state index contributed by atoms with van der Waals surface area (Å²) in [7, 11) is 0. The fourth-order valence-electron chi connectivity index (χ4n) is 2.09. The predicted octanol–water partition coefficient (Wildman–Crippen LogP) is 4.86. The minimum absolute atomic E-state index is 1.01. The van der Waals surface area contributed by atoms with Crippen molar-refractivity contribution in [2.24, 2.45) is 0 Å². The van der Waals surface area contributed by atoms with E-state index in [0.717, 1.165) is 23.1 Å². The second-order valence-electron chi connectivity index (χ2n) is 4.49. The number of rotatable bonds is 5. The first-order valence-corrected chi connectivity index (χ1v) is 7.66. The summed E-state index contributed by atoms with van der Waals surface area (Å²) in [5.74, 6) is 0. The highest BCUT2D eigenvalue weighted by molar-refractivity contribution is 9.10. The van der Waals surface area contributed by atoms with Crippen LogP contribution in [0.25, 0.3) is 12.2 Å². The lowest BCUT2D eigenvalue weighted by Gasteiger charge is -2.20. The Morgan fingerprint density at radius 2 is 1.75 bits per heavy atom. The van der Waals surface area contributed by atoms with Crippen LogP contribution in [-0.2, 0) is 0 Å². The molecule has 3 heteroatoms. The molecule has 104 valence electrons. The van der Waals surface area contributed by atoms with Crippen LogP contribution in [0.5, 0.6) is 0 Å². The van der Waals surface area contributed by atoms with Gasteiger partial charge < -0.3 is 4.90 Å². The number of anilines is 1. The van der Waals surface area contributed by atoms with Crippen LogP contribution in [-0.4, -0.2) is 18.1 Å². The van der Waals surface area contributed by atoms with Crippen molar-refractivity contribution in [3.63, 3.8) is 0 Å². The Morgan fingerprint density at radius 3 is 2.35 bits per heavy atom. The largest absolute Gasteiger partial charge is 0.372 e. The third kappa shape index (κ3) is 3.70. The molecule has 0 bridgehead atoms. The van der Waals surface area contributed by atoms with Gasteiger partial charge in [0.25, 0.3) is 0 Å². The van der Waals surface area contributed by atoms with Gasteiger partial charge in [0.2, 0.25) is 0 Å². The van der Waals surface area contributed by atoms with E-state index in [1.165, 1.54) is 11.3 Å². The number of hydrogen-bond donors (Lipinski definition) is 0. The van der Waals surface area contributed by atoms with Gasteiger partial charge >= 0.3 is 0 Å². The summed E-state index contributed by atoms with van der Waals surface area (Å²) in [5, 5.41) is 0. The smallest absolute Gasteiger partial charge is 0.0431 e. The SMILES string of the molecule is CCN(CC)c1ccc(/C=C/c2ccncc2Br)cc1. The molecule has 0 N–H and O–H groups in total. The van der Waals surface area contributed by atoms with Crippen LogP contribution in [0.4, 0.5) is 5.69 Å². The number of hydrogen-bond acceptors (Lipinski definition) is 2. The van der Waals surface area contributed by atoms with Crippen LogP contribution in [0.15, 0.2) is 47.2 Å². The monoisotopic (exact) mass is 330 g/mol. The van der Waals surface area contributed by atoms with Gasteiger partial charge in [-0.25, -0.2) is 0 Å². The molecule has 1 aromatic heterocycles. The number of aromatic nitrogens is 1. The van der Waals surface area contributed by atoms with E-state index in [0.29, 0.717) is 0 Å². The normalized spacial score (nSPS) is 10.9. The summed E-state index contributed by atoms with van der Waals surface area (Å²) in [4.78, 5) is 6.40. The molecule has 0 aliphatic heterocycles. The molecule has 2 rings (SSSR count). The van der Waals surface area contributed by atoms with Crippen molar-refractivity contribution < 1.29 is 0 Å². The van der Waals surface area contributed by atoms with Gasteiger partial charge in [-0.15, -0.1) is 0 Å². The summed E-state index contributed by atoms with van der Waals surface area (Å²) >= 11 is 3.50. The van der Waals surface area contributed by atoms with E-state index in [1.807, 2.05) is 12.3 Å². The fraction of sp³-hybridized carbons (Fsp3) is 0.235. The topological polar surface area (TPSA) is 16.1 Å². The summed E-state index contributed by atoms with van der Waals surface area (Å²) in [5.41, 5.74) is 3.61. The number of halogens is 1. The molecular weight excluding hydrogens is 312 g/mol. The van der Waals surface area contributed by atoms with Gasteiger partial charge in [-0.1, -0.05) is 24.3 Å². The van der Waals surface area contributed by atoms with Gasteiger partial charge in [-0.05, 0) is 59.1 Å². The van der Waals surface area contributed by atoms with Crippen molar-refractivity contribution in [1.82, 2.24) is 4.98 Å². The van der Waals surface area contributed by atoms with E-state index in [2.05, 4.69) is 76.1 Å². The minimum Gasteiger partial charge on any atom is -0.372 e. The van der Waals surface area contributed by atoms with Crippen LogP contribution in [0.1, 0.15) is 25.0 Å². The molecule has 2 aromatic rings. The van der Waals surface area contributed by atoms with E-state index in [-0.39, 0.29) is 0 Å². The minimum atomic E-state index is 1.01. The predicted molar refractivity (Wildman–Crippen MR) is 90.9 cm³/mol. The zero-order chi connectivity index (χ0) is 14.4. The molecule has 0 atom stereocenters. The molecule has 0 saturated heterocycles. The summed E-state index contributed by atoms with van der Waals surface area (Å²) in [6.07, 6.45) is 7.82. The maximum Gasteiger partial charge on any atom is 0.0431 e. The van der Waals surface area contributed by atoms with Crippen molar-refractivity contribution in [1.29, 1.82) is 0 Å². The van der Waals surface area contributed by atoms with E-state index in [4.69, 9.17) is 0 Å². The Bertz CT molecular complexity index is 572. The quantitative estimate of drug-likeness (QED) is 0.778. The van der Waals surface area contributed by atoms with Crippen LogP contribution in [0.3, 0.4) is 0 Å². The lowest BCUT2D eigenvalue weighted by Crippen LogP contribution is -2.21. The van der Waals surface area contributed by atoms with Crippen LogP contribution < -0.4 is 4.90 Å². The maximum absolute atomic E-state index is 4.06. The number of nitrogens with zero attached hydrogens (tertiary/aromatic N) is 2. The molecule has 1 heterocycles. The number of benzene rings is 1. The third-order valence-electron chi connectivity index (χ3n) is 3.28. The Morgan fingerprint density at radius 1 is 1.05 bits per heavy atom. The van der Waals surface area contributed by atoms with Crippen LogP contribution in [0.2, 0.25) is 0 Å². The van der Waals surface area contributed by atoms with Gasteiger partial charge in [0.15, 0.2) is 0 Å². The molecule has 0 unspecified atom stereocenters. The van der Waals surface area contributed by atoms with Crippen LogP contribution >= 0.6 is 15.9 Å². The molecule has 20 heavy (non-hydrogen) atoms. The molecule has 0 aliphatic rings. The first-order chi connectivity index (χ1) is 9.74. The van der Waals surface area contributed by atoms with Gasteiger partial charge in [0, 0.05) is 35.6 Å². The van der Waals surface area contributed by atoms with Crippen LogP contribution in [0, 0.1) is 0 Å². The van der Waals surface area contributed by atoms with Crippen molar-refractivity contribution >= 4 is 33.8 Å². The van der Waals surface area contributed by atoms with Crippen molar-refractivity contribution in [3.05, 3.63) is 58.3 Å². The molecule has 0 fully saturated rings. The number of pyridine rings is 1. The summed E-state index contributed by atoms with van der Waals surface area (Å²) < 4.78 is 1.01. The van der Waals surface area contributed by atoms with Gasteiger partial charge in [0.1, 0.15) is 0 Å². The zero-order valence-corrected chi connectivity index (χ0v) is 13.5. The Labute approximate surface area is 129 Å². The maximum atomic E-state index is 4.06. The first-order valence-electron chi connectivity index (χ1n) is 6.87. The Kier molecular flexibility index (Phi) is 5.36. The molecule has 1 aromatic carbocycles. The lowest BCUT2D eigenvalue weighted by molar-refractivity contribution is 0.866. The summed E-state index contributed by atoms with van der Waals surface area (Å²) in [6.45, 7) is 6.43. The molecule has 0 spiro atoms. The van der Waals surface area contributed by atoms with Crippen molar-refractivity contribution in [2.75, 3.05) is 18.0 Å². The Balaban J connectivity index is 2.13. The molecule has 0 saturated carbocycles. The van der Waals surface area contributed by atoms with E-state index < -0.39 is 0 Å². The van der Waals surface area contributed by atoms with E-state index in [1.54, 1.807) is 6.20 Å². The summed E-state index contributed by atoms with van der Waals surface area (Å²) in [6, 6.07) is 10.6. The molecular formula is C17H19BrN2. The second kappa shape index (κ2) is 7.25. The lowest BCUT2D eigenvalue weighted by atomic mass is 10.1. The average molecular weight is 331 g/mol. The fourth-order valence-corrected chi connectivity index (χ4v) is 2.47. The highest BCUT2D eigenvalue weighted by atomic mass is 79.9. The van der Waals surface area contributed by atoms with E-state index >= 15 is 0 Å². The highest BCUT2D eigenvalue weighted by Gasteiger charge is 2.00. The second-order valence-corrected chi connectivity index (χ2v) is 5.35. The molecule has 2 nitrogen and oxygen atoms in total. The average Bonchev–Trinajstić information content (AvgIpc) is 2.49. The highest BCUT2D eigenvalue weighted by Crippen LogP contribution is 2.19. The van der Waals surface area contributed by atoms with Crippen molar-refractivity contribution in [2.45, 2.75) is 13.8 Å². The zero-order valence-electron chi connectivity index (χ0n) is 11.9. The molecule has 0 aliphatic carbocycles. The van der Waals surface area contributed by atoms with E-state index in [9.17, 15) is 0 Å². The third-order valence-corrected chi connectivity index (χ3v) is 3.94. The van der Waals surface area contributed by atoms with Gasteiger partial charge in [0.05, 0.1) is 0 Å². The van der Waals surface area contributed by atoms with Crippen molar-refractivity contribution in [3.8, 4) is 0 Å². The first kappa shape index (κ1) is 14.8.